The van der Waals surface area contributed by atoms with Gasteiger partial charge in [0.2, 0.25) is 16.6 Å². The van der Waals surface area contributed by atoms with Gasteiger partial charge in [-0.2, -0.15) is 0 Å². The Morgan fingerprint density at radius 1 is 0.585 bits per heavy atom. The van der Waals surface area contributed by atoms with Crippen molar-refractivity contribution in [3.8, 4) is 0 Å². The predicted octanol–water partition coefficient (Wildman–Crippen LogP) is 5.02. The molecule has 2 aromatic carbocycles. The third kappa shape index (κ3) is 11.2. The Morgan fingerprint density at radius 3 is 1.29 bits per heavy atom. The van der Waals surface area contributed by atoms with Crippen LogP contribution in [0.2, 0.25) is 51.4 Å². The van der Waals surface area contributed by atoms with Crippen molar-refractivity contribution in [2.24, 2.45) is 0 Å². The fourth-order valence-corrected chi connectivity index (χ4v) is 25.9. The first kappa shape index (κ1) is 32.9. The van der Waals surface area contributed by atoms with Crippen LogP contribution >= 0.6 is 0 Å². The van der Waals surface area contributed by atoms with E-state index in [4.69, 9.17) is 31.3 Å². The standard InChI is InChI=1S/C30H50O7Si4/c1-38(2,36-40(5,29-15-9-7-10-16-29)21-13-19-31-23-27-25-33-27)35-39(3,4)37-41(6,30-17-11-8-12-18-30)22-14-20-32-24-28-26-34-28/h7-12,15-18,27-28H,13-14,19-26H2,1-6H3. The number of benzene rings is 2. The van der Waals surface area contributed by atoms with Gasteiger partial charge in [-0.25, -0.2) is 0 Å². The van der Waals surface area contributed by atoms with E-state index in [-0.39, 0.29) is 0 Å². The molecule has 2 saturated heterocycles. The molecule has 4 atom stereocenters. The van der Waals surface area contributed by atoms with Crippen molar-refractivity contribution in [3.05, 3.63) is 60.7 Å². The molecular weight excluding hydrogens is 585 g/mol. The van der Waals surface area contributed by atoms with Gasteiger partial charge in [0, 0.05) is 13.2 Å². The molecule has 2 aliphatic rings. The van der Waals surface area contributed by atoms with Crippen molar-refractivity contribution in [1.29, 1.82) is 0 Å². The van der Waals surface area contributed by atoms with Crippen molar-refractivity contribution in [1.82, 2.24) is 0 Å². The summed E-state index contributed by atoms with van der Waals surface area (Å²) in [6, 6.07) is 23.4. The lowest BCUT2D eigenvalue weighted by atomic mass is 10.4. The fraction of sp³-hybridized carbons (Fsp3) is 0.600. The smallest absolute Gasteiger partial charge is 0.312 e. The monoisotopic (exact) mass is 634 g/mol. The van der Waals surface area contributed by atoms with Crippen LogP contribution in [0.15, 0.2) is 60.7 Å². The van der Waals surface area contributed by atoms with Crippen molar-refractivity contribution in [2.75, 3.05) is 39.6 Å². The topological polar surface area (TPSA) is 71.2 Å². The summed E-state index contributed by atoms with van der Waals surface area (Å²) in [7, 11) is -9.73. The van der Waals surface area contributed by atoms with Crippen molar-refractivity contribution >= 4 is 44.1 Å². The second-order valence-electron chi connectivity index (χ2n) is 12.6. The molecule has 0 saturated carbocycles. The van der Waals surface area contributed by atoms with Crippen LogP contribution in [0.4, 0.5) is 0 Å². The Kier molecular flexibility index (Phi) is 11.8. The number of hydrogen-bond acceptors (Lipinski definition) is 7. The summed E-state index contributed by atoms with van der Waals surface area (Å²) in [5.74, 6) is 0. The second-order valence-corrected chi connectivity index (χ2v) is 27.7. The lowest BCUT2D eigenvalue weighted by Crippen LogP contribution is -2.62. The zero-order chi connectivity index (χ0) is 29.4. The molecule has 41 heavy (non-hydrogen) atoms. The van der Waals surface area contributed by atoms with Crippen LogP contribution in [0.3, 0.4) is 0 Å². The van der Waals surface area contributed by atoms with Crippen molar-refractivity contribution < 1.29 is 31.3 Å². The molecule has 0 aromatic heterocycles. The molecule has 2 fully saturated rings. The number of rotatable bonds is 20. The lowest BCUT2D eigenvalue weighted by Gasteiger charge is -2.43. The van der Waals surface area contributed by atoms with Gasteiger partial charge in [-0.15, -0.1) is 0 Å². The molecule has 4 rings (SSSR count). The van der Waals surface area contributed by atoms with Crippen LogP contribution in [0.1, 0.15) is 12.8 Å². The number of ether oxygens (including phenoxy) is 4. The minimum absolute atomic E-state index is 0.297. The molecule has 0 spiro atoms. The maximum Gasteiger partial charge on any atom is 0.312 e. The van der Waals surface area contributed by atoms with Gasteiger partial charge in [-0.05, 0) is 74.6 Å². The molecule has 2 aromatic rings. The Morgan fingerprint density at radius 2 is 0.951 bits per heavy atom. The predicted molar refractivity (Wildman–Crippen MR) is 174 cm³/mol. The van der Waals surface area contributed by atoms with E-state index >= 15 is 0 Å². The van der Waals surface area contributed by atoms with E-state index < -0.39 is 33.8 Å². The zero-order valence-electron chi connectivity index (χ0n) is 25.9. The molecule has 2 heterocycles. The molecule has 0 bridgehead atoms. The van der Waals surface area contributed by atoms with Crippen LogP contribution < -0.4 is 10.4 Å². The Labute approximate surface area is 251 Å². The van der Waals surface area contributed by atoms with E-state index in [1.54, 1.807) is 0 Å². The molecule has 4 unspecified atom stereocenters. The highest BCUT2D eigenvalue weighted by Crippen LogP contribution is 2.28. The van der Waals surface area contributed by atoms with Crippen LogP contribution in [0.25, 0.3) is 0 Å². The Balaban J connectivity index is 1.40. The molecule has 0 N–H and O–H groups in total. The van der Waals surface area contributed by atoms with E-state index in [2.05, 4.69) is 99.9 Å². The minimum atomic E-state index is -2.56. The molecule has 11 heteroatoms. The Hall–Kier alpha value is -0.972. The molecule has 2 aliphatic heterocycles. The fourth-order valence-electron chi connectivity index (χ4n) is 5.59. The van der Waals surface area contributed by atoms with E-state index in [1.165, 1.54) is 10.4 Å². The second kappa shape index (κ2) is 14.7. The molecular formula is C30H50O7Si4. The highest BCUT2D eigenvalue weighted by atomic mass is 28.5. The summed E-state index contributed by atoms with van der Waals surface area (Å²) in [5, 5.41) is 2.60. The van der Waals surface area contributed by atoms with Gasteiger partial charge in [0.05, 0.1) is 26.4 Å². The number of hydrogen-bond donors (Lipinski definition) is 0. The summed E-state index contributed by atoms with van der Waals surface area (Å²) in [6.45, 7) is 17.9. The molecule has 0 radical (unpaired) electrons. The summed E-state index contributed by atoms with van der Waals surface area (Å²) < 4.78 is 43.6. The normalized spacial score (nSPS) is 21.7. The zero-order valence-corrected chi connectivity index (χ0v) is 29.9. The molecule has 7 nitrogen and oxygen atoms in total. The summed E-state index contributed by atoms with van der Waals surface area (Å²) >= 11 is 0. The maximum absolute atomic E-state index is 7.16. The molecule has 0 amide bonds. The first-order valence-electron chi connectivity index (χ1n) is 15.1. The molecule has 228 valence electrons. The highest BCUT2D eigenvalue weighted by molar-refractivity contribution is 6.96. The van der Waals surface area contributed by atoms with Gasteiger partial charge in [0.15, 0.2) is 0 Å². The van der Waals surface area contributed by atoms with Gasteiger partial charge >= 0.3 is 17.1 Å². The summed E-state index contributed by atoms with van der Waals surface area (Å²) in [4.78, 5) is 0. The van der Waals surface area contributed by atoms with E-state index in [0.717, 1.165) is 51.4 Å². The molecule has 0 aliphatic carbocycles. The quantitative estimate of drug-likeness (QED) is 0.115. The van der Waals surface area contributed by atoms with Gasteiger partial charge in [0.1, 0.15) is 12.2 Å². The lowest BCUT2D eigenvalue weighted by molar-refractivity contribution is 0.116. The van der Waals surface area contributed by atoms with Crippen molar-refractivity contribution in [3.63, 3.8) is 0 Å². The van der Waals surface area contributed by atoms with Gasteiger partial charge in [-0.3, -0.25) is 0 Å². The van der Waals surface area contributed by atoms with E-state index in [0.29, 0.717) is 25.4 Å². The van der Waals surface area contributed by atoms with Gasteiger partial charge in [0.25, 0.3) is 0 Å². The highest BCUT2D eigenvalue weighted by Gasteiger charge is 2.46. The first-order chi connectivity index (χ1) is 19.5. The van der Waals surface area contributed by atoms with Crippen LogP contribution in [0, 0.1) is 0 Å². The minimum Gasteiger partial charge on any atom is -0.432 e. The van der Waals surface area contributed by atoms with Crippen LogP contribution in [0.5, 0.6) is 0 Å². The van der Waals surface area contributed by atoms with Gasteiger partial charge in [-0.1, -0.05) is 60.7 Å². The van der Waals surface area contributed by atoms with Crippen molar-refractivity contribution in [2.45, 2.75) is 76.4 Å². The number of epoxide rings is 2. The maximum atomic E-state index is 7.16. The summed E-state index contributed by atoms with van der Waals surface area (Å²) in [6.07, 6.45) is 2.51. The SMILES string of the molecule is C[Si](C)(O[Si](C)(C)O[Si](C)(CCCOCC1CO1)c1ccccc1)O[Si](C)(CCCOCC1CO1)c1ccccc1. The Bertz CT molecular complexity index is 970. The van der Waals surface area contributed by atoms with Gasteiger partial charge < -0.3 is 31.3 Å². The summed E-state index contributed by atoms with van der Waals surface area (Å²) in [5.41, 5.74) is 0. The van der Waals surface area contributed by atoms with Crippen LogP contribution in [-0.2, 0) is 31.3 Å². The van der Waals surface area contributed by atoms with E-state index in [1.807, 2.05) is 0 Å². The third-order valence-electron chi connectivity index (χ3n) is 7.50. The average Bonchev–Trinajstić information content (AvgIpc) is 3.84. The average molecular weight is 635 g/mol. The third-order valence-corrected chi connectivity index (χ3v) is 24.7. The largest absolute Gasteiger partial charge is 0.432 e. The van der Waals surface area contributed by atoms with E-state index in [9.17, 15) is 0 Å². The van der Waals surface area contributed by atoms with Crippen LogP contribution in [-0.4, -0.2) is 85.6 Å². The first-order valence-corrected chi connectivity index (χ1v) is 26.0.